The third-order valence-corrected chi connectivity index (χ3v) is 3.13. The summed E-state index contributed by atoms with van der Waals surface area (Å²) < 4.78 is 4.73. The molecule has 0 saturated heterocycles. The number of ether oxygens (including phenoxy) is 1. The Balaban J connectivity index is 2.29. The number of benzene rings is 1. The Labute approximate surface area is 134 Å². The highest BCUT2D eigenvalue weighted by molar-refractivity contribution is 7.80. The number of halogens is 1. The van der Waals surface area contributed by atoms with Crippen molar-refractivity contribution in [1.29, 1.82) is 0 Å². The number of esters is 1. The van der Waals surface area contributed by atoms with Crippen molar-refractivity contribution in [3.63, 3.8) is 0 Å². The molecule has 0 aliphatic carbocycles. The van der Waals surface area contributed by atoms with Gasteiger partial charge in [-0.3, -0.25) is 9.59 Å². The maximum Gasteiger partial charge on any atom is 0.306 e. The van der Waals surface area contributed by atoms with Crippen LogP contribution in [-0.4, -0.2) is 23.6 Å². The summed E-state index contributed by atoms with van der Waals surface area (Å²) in [5.74, 6) is -0.734. The number of hydrogen-bond acceptors (Lipinski definition) is 4. The van der Waals surface area contributed by atoms with Crippen LogP contribution in [0.1, 0.15) is 25.3 Å². The summed E-state index contributed by atoms with van der Waals surface area (Å²) in [6.07, 6.45) is 0.0690. The van der Waals surface area contributed by atoms with Gasteiger partial charge in [-0.15, -0.1) is 0 Å². The van der Waals surface area contributed by atoms with Gasteiger partial charge in [0.15, 0.2) is 5.11 Å². The molecule has 114 valence electrons. The molecule has 1 aromatic rings. The van der Waals surface area contributed by atoms with Crippen LogP contribution in [0.4, 0.5) is 0 Å². The van der Waals surface area contributed by atoms with Crippen molar-refractivity contribution in [2.75, 3.05) is 6.61 Å². The molecule has 0 unspecified atom stereocenters. The summed E-state index contributed by atoms with van der Waals surface area (Å²) in [5.41, 5.74) is 0.877. The predicted octanol–water partition coefficient (Wildman–Crippen LogP) is 2.17. The molecule has 1 amide bonds. The number of hydrogen-bond donors (Lipinski definition) is 2. The fraction of sp³-hybridized carbons (Fsp3) is 0.357. The molecule has 0 fully saturated rings. The van der Waals surface area contributed by atoms with Crippen molar-refractivity contribution >= 4 is 40.8 Å². The van der Waals surface area contributed by atoms with Gasteiger partial charge in [0.05, 0.1) is 13.0 Å². The number of amides is 1. The topological polar surface area (TPSA) is 67.4 Å². The van der Waals surface area contributed by atoms with Crippen molar-refractivity contribution in [3.05, 3.63) is 34.9 Å². The number of carbonyl (C=O) groups excluding carboxylic acids is 2. The minimum absolute atomic E-state index is 0.0345. The van der Waals surface area contributed by atoms with Crippen molar-refractivity contribution in [3.8, 4) is 0 Å². The minimum atomic E-state index is -0.400. The van der Waals surface area contributed by atoms with Crippen LogP contribution in [0, 0.1) is 0 Å². The van der Waals surface area contributed by atoms with Gasteiger partial charge in [-0.1, -0.05) is 29.8 Å². The zero-order valence-corrected chi connectivity index (χ0v) is 13.2. The molecule has 2 N–H and O–H groups in total. The third-order valence-electron chi connectivity index (χ3n) is 2.51. The largest absolute Gasteiger partial charge is 0.466 e. The quantitative estimate of drug-likeness (QED) is 0.619. The van der Waals surface area contributed by atoms with E-state index in [4.69, 9.17) is 28.6 Å². The molecule has 0 atom stereocenters. The van der Waals surface area contributed by atoms with Gasteiger partial charge in [0.1, 0.15) is 0 Å². The first-order chi connectivity index (χ1) is 10.0. The highest BCUT2D eigenvalue weighted by atomic mass is 35.5. The van der Waals surface area contributed by atoms with Gasteiger partial charge in [0.25, 0.3) is 0 Å². The predicted molar refractivity (Wildman–Crippen MR) is 84.9 cm³/mol. The first kappa shape index (κ1) is 17.4. The second kappa shape index (κ2) is 9.31. The van der Waals surface area contributed by atoms with Crippen LogP contribution in [0.25, 0.3) is 0 Å². The van der Waals surface area contributed by atoms with Crippen LogP contribution < -0.4 is 10.6 Å². The first-order valence-corrected chi connectivity index (χ1v) is 7.28. The monoisotopic (exact) mass is 328 g/mol. The van der Waals surface area contributed by atoms with E-state index in [0.717, 1.165) is 5.56 Å². The second-order valence-corrected chi connectivity index (χ2v) is 4.94. The standard InChI is InChI=1S/C14H17ClN2O3S/c1-2-20-13(19)8-7-12(18)17-14(21)16-9-10-5-3-4-6-11(10)15/h3-6H,2,7-9H2,1H3,(H2,16,17,18,21). The third kappa shape index (κ3) is 7.06. The Kier molecular flexibility index (Phi) is 7.71. The van der Waals surface area contributed by atoms with E-state index in [0.29, 0.717) is 18.2 Å². The van der Waals surface area contributed by atoms with Gasteiger partial charge in [-0.2, -0.15) is 0 Å². The number of nitrogens with one attached hydrogen (secondary N) is 2. The zero-order chi connectivity index (χ0) is 15.7. The van der Waals surface area contributed by atoms with Crippen LogP contribution in [0.15, 0.2) is 24.3 Å². The maximum atomic E-state index is 11.6. The summed E-state index contributed by atoms with van der Waals surface area (Å²) in [5, 5.41) is 6.20. The Hall–Kier alpha value is -1.66. The van der Waals surface area contributed by atoms with Gasteiger partial charge in [0, 0.05) is 18.0 Å². The molecule has 0 aliphatic rings. The number of rotatable bonds is 6. The molecule has 0 radical (unpaired) electrons. The summed E-state index contributed by atoms with van der Waals surface area (Å²) in [7, 11) is 0. The number of carbonyl (C=O) groups is 2. The summed E-state index contributed by atoms with van der Waals surface area (Å²) in [4.78, 5) is 22.7. The highest BCUT2D eigenvalue weighted by Crippen LogP contribution is 2.14. The van der Waals surface area contributed by atoms with E-state index in [2.05, 4.69) is 10.6 Å². The molecule has 0 spiro atoms. The maximum absolute atomic E-state index is 11.6. The van der Waals surface area contributed by atoms with Crippen molar-refractivity contribution in [1.82, 2.24) is 10.6 Å². The van der Waals surface area contributed by atoms with Gasteiger partial charge < -0.3 is 15.4 Å². The van der Waals surface area contributed by atoms with Crippen LogP contribution >= 0.6 is 23.8 Å². The second-order valence-electron chi connectivity index (χ2n) is 4.13. The van der Waals surface area contributed by atoms with Crippen LogP contribution in [0.5, 0.6) is 0 Å². The molecule has 5 nitrogen and oxygen atoms in total. The highest BCUT2D eigenvalue weighted by Gasteiger charge is 2.09. The lowest BCUT2D eigenvalue weighted by molar-refractivity contribution is -0.144. The molecule has 0 aliphatic heterocycles. The molecule has 0 bridgehead atoms. The molecular formula is C14H17ClN2O3S. The van der Waals surface area contributed by atoms with Crippen molar-refractivity contribution in [2.24, 2.45) is 0 Å². The number of thiocarbonyl (C=S) groups is 1. The van der Waals surface area contributed by atoms with E-state index in [9.17, 15) is 9.59 Å². The Morgan fingerprint density at radius 3 is 2.67 bits per heavy atom. The van der Waals surface area contributed by atoms with Crippen LogP contribution in [-0.2, 0) is 20.9 Å². The van der Waals surface area contributed by atoms with E-state index in [1.165, 1.54) is 0 Å². The smallest absolute Gasteiger partial charge is 0.306 e. The van der Waals surface area contributed by atoms with Crippen molar-refractivity contribution in [2.45, 2.75) is 26.3 Å². The first-order valence-electron chi connectivity index (χ1n) is 6.49. The summed E-state index contributed by atoms with van der Waals surface area (Å²) in [6.45, 7) is 2.43. The van der Waals surface area contributed by atoms with E-state index >= 15 is 0 Å². The lowest BCUT2D eigenvalue weighted by Crippen LogP contribution is -2.39. The average Bonchev–Trinajstić information content (AvgIpc) is 2.44. The van der Waals surface area contributed by atoms with Gasteiger partial charge >= 0.3 is 5.97 Å². The molecule has 1 aromatic carbocycles. The molecule has 1 rings (SSSR count). The van der Waals surface area contributed by atoms with Crippen molar-refractivity contribution < 1.29 is 14.3 Å². The lowest BCUT2D eigenvalue weighted by Gasteiger charge is -2.10. The van der Waals surface area contributed by atoms with E-state index in [1.807, 2.05) is 18.2 Å². The van der Waals surface area contributed by atoms with Gasteiger partial charge in [-0.25, -0.2) is 0 Å². The van der Waals surface area contributed by atoms with Gasteiger partial charge in [0.2, 0.25) is 5.91 Å². The SMILES string of the molecule is CCOC(=O)CCC(=O)NC(=S)NCc1ccccc1Cl. The summed E-state index contributed by atoms with van der Waals surface area (Å²) >= 11 is 11.0. The molecular weight excluding hydrogens is 312 g/mol. The Bertz CT molecular complexity index is 523. The zero-order valence-electron chi connectivity index (χ0n) is 11.6. The van der Waals surface area contributed by atoms with Crippen LogP contribution in [0.2, 0.25) is 5.02 Å². The normalized spacial score (nSPS) is 9.81. The van der Waals surface area contributed by atoms with E-state index in [1.54, 1.807) is 13.0 Å². The molecule has 21 heavy (non-hydrogen) atoms. The Morgan fingerprint density at radius 2 is 2.00 bits per heavy atom. The molecule has 0 saturated carbocycles. The molecule has 0 aromatic heterocycles. The minimum Gasteiger partial charge on any atom is -0.466 e. The lowest BCUT2D eigenvalue weighted by atomic mass is 10.2. The fourth-order valence-corrected chi connectivity index (χ4v) is 1.89. The van der Waals surface area contributed by atoms with E-state index in [-0.39, 0.29) is 23.9 Å². The average molecular weight is 329 g/mol. The van der Waals surface area contributed by atoms with E-state index < -0.39 is 5.97 Å². The fourth-order valence-electron chi connectivity index (χ4n) is 1.50. The molecule has 7 heteroatoms. The summed E-state index contributed by atoms with van der Waals surface area (Å²) in [6, 6.07) is 7.34. The Morgan fingerprint density at radius 1 is 1.29 bits per heavy atom. The van der Waals surface area contributed by atoms with Crippen LogP contribution in [0.3, 0.4) is 0 Å². The molecule has 0 heterocycles. The van der Waals surface area contributed by atoms with Gasteiger partial charge in [-0.05, 0) is 30.8 Å².